The Morgan fingerprint density at radius 1 is 1.10 bits per heavy atom. The zero-order chi connectivity index (χ0) is 16.8. The smallest absolute Gasteiger partial charge is 0.417 e. The first-order valence-electron chi connectivity index (χ1n) is 6.65. The minimum atomic E-state index is -0.821. The maximum Gasteiger partial charge on any atom is 0.417 e. The quantitative estimate of drug-likeness (QED) is 0.529. The van der Waals surface area contributed by atoms with Crippen LogP contribution in [0, 0.1) is 5.41 Å². The van der Waals surface area contributed by atoms with E-state index in [0.29, 0.717) is 0 Å². The third-order valence-corrected chi connectivity index (χ3v) is 1.86. The summed E-state index contributed by atoms with van der Waals surface area (Å²) in [5.41, 5.74) is 4.00. The highest BCUT2D eigenvalue weighted by molar-refractivity contribution is 5.99. The lowest BCUT2D eigenvalue weighted by molar-refractivity contribution is 0.0361. The molecule has 0 aromatic heterocycles. The number of amides is 2. The molecule has 0 unspecified atom stereocenters. The largest absolute Gasteiger partial charge is 0.444 e. The minimum Gasteiger partial charge on any atom is -0.444 e. The van der Waals surface area contributed by atoms with Crippen LogP contribution in [-0.2, 0) is 9.47 Å². The van der Waals surface area contributed by atoms with E-state index in [1.165, 1.54) is 0 Å². The van der Waals surface area contributed by atoms with Gasteiger partial charge in [-0.15, -0.1) is 0 Å². The van der Waals surface area contributed by atoms with Crippen molar-refractivity contribution in [2.24, 2.45) is 5.73 Å². The van der Waals surface area contributed by atoms with Crippen LogP contribution < -0.4 is 11.1 Å². The van der Waals surface area contributed by atoms with Gasteiger partial charge in [0.1, 0.15) is 11.2 Å². The number of nitrogens with zero attached hydrogens (tertiary/aromatic N) is 1. The van der Waals surface area contributed by atoms with Crippen LogP contribution >= 0.6 is 0 Å². The number of carbonyl (C=O) groups is 2. The fourth-order valence-electron chi connectivity index (χ4n) is 1.21. The second-order valence-corrected chi connectivity index (χ2v) is 6.40. The molecule has 0 saturated carbocycles. The number of carbonyl (C=O) groups excluding carboxylic acids is 2. The first kappa shape index (κ1) is 19.2. The van der Waals surface area contributed by atoms with Gasteiger partial charge in [-0.2, -0.15) is 0 Å². The van der Waals surface area contributed by atoms with E-state index >= 15 is 0 Å². The predicted octanol–water partition coefficient (Wildman–Crippen LogP) is 1.64. The summed E-state index contributed by atoms with van der Waals surface area (Å²) in [5, 5.41) is 9.96. The van der Waals surface area contributed by atoms with E-state index in [1.807, 2.05) is 0 Å². The van der Waals surface area contributed by atoms with Gasteiger partial charge in [0.2, 0.25) is 5.96 Å². The molecule has 21 heavy (non-hydrogen) atoms. The summed E-state index contributed by atoms with van der Waals surface area (Å²) < 4.78 is 10.2. The lowest BCUT2D eigenvalue weighted by atomic mass is 10.2. The van der Waals surface area contributed by atoms with Crippen molar-refractivity contribution in [1.82, 2.24) is 10.2 Å². The Kier molecular flexibility index (Phi) is 6.62. The third kappa shape index (κ3) is 8.85. The number of nitrogens with one attached hydrogen (secondary N) is 2. The van der Waals surface area contributed by atoms with Crippen molar-refractivity contribution in [2.75, 3.05) is 13.1 Å². The summed E-state index contributed by atoms with van der Waals surface area (Å²) >= 11 is 0. The summed E-state index contributed by atoms with van der Waals surface area (Å²) in [6, 6.07) is 0. The average Bonchev–Trinajstić information content (AvgIpc) is 2.19. The third-order valence-electron chi connectivity index (χ3n) is 1.86. The Morgan fingerprint density at radius 2 is 1.57 bits per heavy atom. The van der Waals surface area contributed by atoms with Crippen LogP contribution in [0.5, 0.6) is 0 Å². The molecule has 0 spiro atoms. The van der Waals surface area contributed by atoms with E-state index in [2.05, 4.69) is 5.32 Å². The zero-order valence-corrected chi connectivity index (χ0v) is 13.6. The highest BCUT2D eigenvalue weighted by Crippen LogP contribution is 2.10. The maximum absolute atomic E-state index is 12.0. The molecule has 0 rings (SSSR count). The lowest BCUT2D eigenvalue weighted by Gasteiger charge is -2.27. The molecule has 0 heterocycles. The number of ether oxygens (including phenoxy) is 2. The fraction of sp³-hybridized carbons (Fsp3) is 0.769. The van der Waals surface area contributed by atoms with Crippen molar-refractivity contribution in [3.63, 3.8) is 0 Å². The predicted molar refractivity (Wildman–Crippen MR) is 79.1 cm³/mol. The maximum atomic E-state index is 12.0. The Labute approximate surface area is 125 Å². The van der Waals surface area contributed by atoms with E-state index in [4.69, 9.17) is 20.6 Å². The summed E-state index contributed by atoms with van der Waals surface area (Å²) in [7, 11) is 0. The van der Waals surface area contributed by atoms with Crippen molar-refractivity contribution in [3.05, 3.63) is 0 Å². The molecule has 0 bridgehead atoms. The molecule has 0 radical (unpaired) electrons. The molecule has 8 heteroatoms. The van der Waals surface area contributed by atoms with Crippen LogP contribution in [0.25, 0.3) is 0 Å². The van der Waals surface area contributed by atoms with Gasteiger partial charge in [-0.1, -0.05) is 0 Å². The van der Waals surface area contributed by atoms with E-state index in [-0.39, 0.29) is 13.1 Å². The number of nitrogens with two attached hydrogens (primary N) is 1. The normalized spacial score (nSPS) is 11.6. The standard InChI is InChI=1S/C13H26N4O4/c1-12(2,3)20-10(18)16-9(15)17(8-7-14)11(19)21-13(4,5)6/h7-8,14H2,1-6H3,(H2,15,16,18). The van der Waals surface area contributed by atoms with Crippen LogP contribution in [0.4, 0.5) is 9.59 Å². The van der Waals surface area contributed by atoms with Gasteiger partial charge in [-0.3, -0.25) is 10.7 Å². The van der Waals surface area contributed by atoms with Crippen molar-refractivity contribution in [3.8, 4) is 0 Å². The Balaban J connectivity index is 4.77. The Bertz CT molecular complexity index is 396. The minimum absolute atomic E-state index is 0.0452. The van der Waals surface area contributed by atoms with Crippen LogP contribution in [0.2, 0.25) is 0 Å². The summed E-state index contributed by atoms with van der Waals surface area (Å²) in [4.78, 5) is 24.5. The molecule has 0 atom stereocenters. The number of rotatable bonds is 2. The molecule has 8 nitrogen and oxygen atoms in total. The highest BCUT2D eigenvalue weighted by atomic mass is 16.6. The van der Waals surface area contributed by atoms with E-state index < -0.39 is 29.3 Å². The SMILES string of the molecule is CC(C)(C)OC(=O)NC(=N)N(CCN)C(=O)OC(C)(C)C. The number of hydrogen-bond acceptors (Lipinski definition) is 6. The topological polar surface area (TPSA) is 118 Å². The van der Waals surface area contributed by atoms with Crippen molar-refractivity contribution < 1.29 is 19.1 Å². The lowest BCUT2D eigenvalue weighted by Crippen LogP contribution is -2.50. The van der Waals surface area contributed by atoms with Gasteiger partial charge in [0, 0.05) is 13.1 Å². The van der Waals surface area contributed by atoms with Gasteiger partial charge < -0.3 is 15.2 Å². The second kappa shape index (κ2) is 7.26. The molecular weight excluding hydrogens is 276 g/mol. The van der Waals surface area contributed by atoms with E-state index in [9.17, 15) is 9.59 Å². The second-order valence-electron chi connectivity index (χ2n) is 6.40. The average molecular weight is 302 g/mol. The number of guanidine groups is 1. The first-order valence-corrected chi connectivity index (χ1v) is 6.65. The van der Waals surface area contributed by atoms with Crippen LogP contribution in [-0.4, -0.2) is 47.3 Å². The Morgan fingerprint density at radius 3 is 1.95 bits per heavy atom. The molecule has 0 fully saturated rings. The molecule has 0 aromatic rings. The highest BCUT2D eigenvalue weighted by Gasteiger charge is 2.26. The summed E-state index contributed by atoms with van der Waals surface area (Å²) in [5.74, 6) is -0.441. The summed E-state index contributed by atoms with van der Waals surface area (Å²) in [6.45, 7) is 10.4. The van der Waals surface area contributed by atoms with Gasteiger partial charge in [-0.25, -0.2) is 14.5 Å². The monoisotopic (exact) mass is 302 g/mol. The van der Waals surface area contributed by atoms with E-state index in [0.717, 1.165) is 4.90 Å². The van der Waals surface area contributed by atoms with E-state index in [1.54, 1.807) is 41.5 Å². The molecule has 0 aliphatic rings. The fourth-order valence-corrected chi connectivity index (χ4v) is 1.21. The first-order chi connectivity index (χ1) is 9.35. The summed E-state index contributed by atoms with van der Waals surface area (Å²) in [6.07, 6.45) is -1.58. The van der Waals surface area contributed by atoms with Crippen molar-refractivity contribution in [2.45, 2.75) is 52.7 Å². The van der Waals surface area contributed by atoms with Crippen molar-refractivity contribution in [1.29, 1.82) is 5.41 Å². The zero-order valence-electron chi connectivity index (χ0n) is 13.6. The van der Waals surface area contributed by atoms with Crippen molar-refractivity contribution >= 4 is 18.1 Å². The number of alkyl carbamates (subject to hydrolysis) is 1. The van der Waals surface area contributed by atoms with Crippen LogP contribution in [0.3, 0.4) is 0 Å². The molecular formula is C13H26N4O4. The van der Waals surface area contributed by atoms with Gasteiger partial charge in [0.15, 0.2) is 0 Å². The van der Waals surface area contributed by atoms with Crippen LogP contribution in [0.15, 0.2) is 0 Å². The molecule has 122 valence electrons. The molecule has 0 aromatic carbocycles. The molecule has 0 aliphatic heterocycles. The molecule has 0 aliphatic carbocycles. The van der Waals surface area contributed by atoms with Gasteiger partial charge in [-0.05, 0) is 41.5 Å². The molecule has 0 saturated heterocycles. The molecule has 2 amide bonds. The Hall–Kier alpha value is -1.83. The van der Waals surface area contributed by atoms with Crippen LogP contribution in [0.1, 0.15) is 41.5 Å². The number of hydrogen-bond donors (Lipinski definition) is 3. The molecule has 4 N–H and O–H groups in total. The van der Waals surface area contributed by atoms with Gasteiger partial charge in [0.25, 0.3) is 0 Å². The van der Waals surface area contributed by atoms with Gasteiger partial charge >= 0.3 is 12.2 Å². The van der Waals surface area contributed by atoms with Gasteiger partial charge in [0.05, 0.1) is 0 Å².